The van der Waals surface area contributed by atoms with Gasteiger partial charge in [0.25, 0.3) is 0 Å². The van der Waals surface area contributed by atoms with Crippen molar-refractivity contribution in [3.8, 4) is 0 Å². The molecule has 0 saturated carbocycles. The normalized spacial score (nSPS) is 19.5. The molecule has 1 amide bonds. The fourth-order valence-electron chi connectivity index (χ4n) is 1.43. The minimum Gasteiger partial charge on any atom is -0.396 e. The van der Waals surface area contributed by atoms with Crippen LogP contribution in [-0.4, -0.2) is 91.9 Å². The Kier molecular flexibility index (Phi) is 8.26. The Hall–Kier alpha value is -0.810. The summed E-state index contributed by atoms with van der Waals surface area (Å²) in [6.45, 7) is 1.19. The number of carbonyl (C=O) groups is 1. The summed E-state index contributed by atoms with van der Waals surface area (Å²) in [6, 6.07) is 0. The molecule has 0 fully saturated rings. The predicted octanol–water partition coefficient (Wildman–Crippen LogP) is -4.08. The van der Waals surface area contributed by atoms with E-state index in [2.05, 4.69) is 5.32 Å². The third kappa shape index (κ3) is 5.83. The molecule has 0 saturated heterocycles. The van der Waals surface area contributed by atoms with E-state index in [4.69, 9.17) is 15.3 Å². The first-order valence-corrected chi connectivity index (χ1v) is 6.48. The van der Waals surface area contributed by atoms with Crippen LogP contribution in [0.1, 0.15) is 13.8 Å². The Morgan fingerprint density at radius 2 is 1.48 bits per heavy atom. The minimum absolute atomic E-state index is 0.436. The zero-order chi connectivity index (χ0) is 16.8. The van der Waals surface area contributed by atoms with Gasteiger partial charge in [0.05, 0.1) is 19.3 Å². The highest BCUT2D eigenvalue weighted by Crippen LogP contribution is 2.19. The smallest absolute Gasteiger partial charge is 0.249 e. The monoisotopic (exact) mass is 311 g/mol. The lowest BCUT2D eigenvalue weighted by atomic mass is 9.87. The van der Waals surface area contributed by atoms with Crippen LogP contribution in [0.4, 0.5) is 0 Å². The maximum absolute atomic E-state index is 11.6. The first-order chi connectivity index (χ1) is 9.58. The number of nitrogens with one attached hydrogen (secondary N) is 1. The van der Waals surface area contributed by atoms with Gasteiger partial charge in [0.15, 0.2) is 0 Å². The van der Waals surface area contributed by atoms with Crippen LogP contribution in [0.25, 0.3) is 0 Å². The summed E-state index contributed by atoms with van der Waals surface area (Å²) in [4.78, 5) is 11.6. The quantitative estimate of drug-likeness (QED) is 0.212. The predicted molar refractivity (Wildman–Crippen MR) is 71.0 cm³/mol. The van der Waals surface area contributed by atoms with E-state index < -0.39 is 61.6 Å². The number of carbonyl (C=O) groups excluding carboxylic acids is 1. The lowest BCUT2D eigenvalue weighted by molar-refractivity contribution is -0.139. The van der Waals surface area contributed by atoms with E-state index >= 15 is 0 Å². The topological polar surface area (TPSA) is 171 Å². The third-order valence-electron chi connectivity index (χ3n) is 3.21. The Bertz CT molecular complexity index is 324. The van der Waals surface area contributed by atoms with E-state index in [-0.39, 0.29) is 0 Å². The molecule has 0 aromatic rings. The van der Waals surface area contributed by atoms with Gasteiger partial charge in [-0.3, -0.25) is 4.79 Å². The Morgan fingerprint density at radius 1 is 1.00 bits per heavy atom. The summed E-state index contributed by atoms with van der Waals surface area (Å²) in [5, 5.41) is 67.1. The van der Waals surface area contributed by atoms with E-state index in [0.717, 1.165) is 0 Å². The number of aliphatic hydroxyl groups excluding tert-OH is 7. The Labute approximate surface area is 122 Å². The van der Waals surface area contributed by atoms with Gasteiger partial charge in [-0.2, -0.15) is 0 Å². The average Bonchev–Trinajstić information content (AvgIpc) is 2.48. The van der Waals surface area contributed by atoms with E-state index in [1.54, 1.807) is 0 Å². The lowest BCUT2D eigenvalue weighted by Gasteiger charge is -2.29. The molecule has 0 aromatic carbocycles. The fraction of sp³-hybridized carbons (Fsp3) is 0.917. The second-order valence-corrected chi connectivity index (χ2v) is 5.59. The first kappa shape index (κ1) is 20.2. The SMILES string of the molecule is CC(C)(CO)C(O)C(=O)NCC(O)C(O)C(O)C(O)CO. The second kappa shape index (κ2) is 8.59. The maximum atomic E-state index is 11.6. The lowest BCUT2D eigenvalue weighted by Crippen LogP contribution is -2.52. The number of aliphatic hydroxyl groups is 7. The van der Waals surface area contributed by atoms with Gasteiger partial charge in [0.2, 0.25) is 5.91 Å². The van der Waals surface area contributed by atoms with Crippen LogP contribution in [0.3, 0.4) is 0 Å². The van der Waals surface area contributed by atoms with Crippen LogP contribution in [-0.2, 0) is 4.79 Å². The van der Waals surface area contributed by atoms with Crippen molar-refractivity contribution in [2.24, 2.45) is 5.41 Å². The second-order valence-electron chi connectivity index (χ2n) is 5.59. The van der Waals surface area contributed by atoms with Crippen LogP contribution in [0.5, 0.6) is 0 Å². The summed E-state index contributed by atoms with van der Waals surface area (Å²) in [5.74, 6) is -0.863. The Morgan fingerprint density at radius 3 is 1.90 bits per heavy atom. The van der Waals surface area contributed by atoms with E-state index in [1.807, 2.05) is 0 Å². The van der Waals surface area contributed by atoms with Gasteiger partial charge in [0, 0.05) is 12.0 Å². The van der Waals surface area contributed by atoms with Crippen LogP contribution in [0.15, 0.2) is 0 Å². The van der Waals surface area contributed by atoms with Crippen molar-refractivity contribution in [3.05, 3.63) is 0 Å². The van der Waals surface area contributed by atoms with Crippen molar-refractivity contribution < 1.29 is 40.5 Å². The van der Waals surface area contributed by atoms with Crippen molar-refractivity contribution in [2.45, 2.75) is 44.4 Å². The Balaban J connectivity index is 4.42. The van der Waals surface area contributed by atoms with Gasteiger partial charge < -0.3 is 41.1 Å². The maximum Gasteiger partial charge on any atom is 0.249 e. The van der Waals surface area contributed by atoms with Crippen molar-refractivity contribution in [1.29, 1.82) is 0 Å². The van der Waals surface area contributed by atoms with E-state index in [1.165, 1.54) is 13.8 Å². The minimum atomic E-state index is -1.80. The van der Waals surface area contributed by atoms with E-state index in [0.29, 0.717) is 0 Å². The van der Waals surface area contributed by atoms with Gasteiger partial charge in [-0.25, -0.2) is 0 Å². The molecule has 21 heavy (non-hydrogen) atoms. The zero-order valence-corrected chi connectivity index (χ0v) is 12.0. The number of hydrogen-bond donors (Lipinski definition) is 8. The van der Waals surface area contributed by atoms with Crippen LogP contribution < -0.4 is 5.32 Å². The molecule has 0 aliphatic heterocycles. The highest BCUT2D eigenvalue weighted by molar-refractivity contribution is 5.81. The van der Waals surface area contributed by atoms with Gasteiger partial charge in [0.1, 0.15) is 24.4 Å². The largest absolute Gasteiger partial charge is 0.396 e. The standard InChI is InChI=1S/C12H25NO8/c1-12(2,5-15)10(20)11(21)13-3-6(16)8(18)9(19)7(17)4-14/h6-10,14-20H,3-5H2,1-2H3,(H,13,21). The van der Waals surface area contributed by atoms with Crippen LogP contribution in [0.2, 0.25) is 0 Å². The van der Waals surface area contributed by atoms with Gasteiger partial charge in [-0.05, 0) is 0 Å². The average molecular weight is 311 g/mol. The summed E-state index contributed by atoms with van der Waals surface area (Å²) >= 11 is 0. The molecule has 9 nitrogen and oxygen atoms in total. The molecule has 9 heteroatoms. The molecule has 0 heterocycles. The highest BCUT2D eigenvalue weighted by atomic mass is 16.4. The van der Waals surface area contributed by atoms with Crippen molar-refractivity contribution in [1.82, 2.24) is 5.32 Å². The summed E-state index contributed by atoms with van der Waals surface area (Å²) in [6.07, 6.45) is -8.37. The molecular formula is C12H25NO8. The van der Waals surface area contributed by atoms with Gasteiger partial charge in [-0.1, -0.05) is 13.8 Å². The molecule has 0 bridgehead atoms. The molecule has 0 aromatic heterocycles. The molecular weight excluding hydrogens is 286 g/mol. The molecule has 0 rings (SSSR count). The summed E-state index contributed by atoms with van der Waals surface area (Å²) in [7, 11) is 0. The number of amides is 1. The summed E-state index contributed by atoms with van der Waals surface area (Å²) in [5.41, 5.74) is -1.08. The molecule has 126 valence electrons. The van der Waals surface area contributed by atoms with Crippen LogP contribution in [0, 0.1) is 5.41 Å². The summed E-state index contributed by atoms with van der Waals surface area (Å²) < 4.78 is 0. The number of hydrogen-bond acceptors (Lipinski definition) is 8. The molecule has 0 aliphatic carbocycles. The molecule has 0 spiro atoms. The molecule has 5 atom stereocenters. The highest BCUT2D eigenvalue weighted by Gasteiger charge is 2.34. The first-order valence-electron chi connectivity index (χ1n) is 6.48. The third-order valence-corrected chi connectivity index (χ3v) is 3.21. The zero-order valence-electron chi connectivity index (χ0n) is 12.0. The molecule has 0 radical (unpaired) electrons. The van der Waals surface area contributed by atoms with Crippen LogP contribution >= 0.6 is 0 Å². The van der Waals surface area contributed by atoms with Gasteiger partial charge >= 0.3 is 0 Å². The van der Waals surface area contributed by atoms with Crippen molar-refractivity contribution in [2.75, 3.05) is 19.8 Å². The van der Waals surface area contributed by atoms with Gasteiger partial charge in [-0.15, -0.1) is 0 Å². The molecule has 0 aliphatic rings. The molecule has 8 N–H and O–H groups in total. The van der Waals surface area contributed by atoms with Crippen molar-refractivity contribution >= 4 is 5.91 Å². The number of rotatable bonds is 9. The van der Waals surface area contributed by atoms with E-state index in [9.17, 15) is 25.2 Å². The molecule has 5 unspecified atom stereocenters. The fourth-order valence-corrected chi connectivity index (χ4v) is 1.43. The van der Waals surface area contributed by atoms with Crippen molar-refractivity contribution in [3.63, 3.8) is 0 Å².